The Bertz CT molecular complexity index is 900. The largest absolute Gasteiger partial charge is 0.416 e. The molecular weight excluding hydrogens is 423 g/mol. The van der Waals surface area contributed by atoms with Crippen molar-refractivity contribution in [3.63, 3.8) is 0 Å². The number of fused-ring (bicyclic) bond motifs is 2. The molecule has 1 heterocycles. The summed E-state index contributed by atoms with van der Waals surface area (Å²) in [6.45, 7) is 11.3. The second kappa shape index (κ2) is 9.28. The van der Waals surface area contributed by atoms with Gasteiger partial charge in [-0.1, -0.05) is 32.6 Å². The fraction of sp³-hybridized carbons (Fsp3) is 0.520. The van der Waals surface area contributed by atoms with E-state index >= 15 is 8.78 Å². The summed E-state index contributed by atoms with van der Waals surface area (Å²) in [4.78, 5) is 1.55. The monoisotopic (exact) mass is 454 g/mol. The Morgan fingerprint density at radius 3 is 2.56 bits per heavy atom. The Labute approximate surface area is 186 Å². The first-order valence-corrected chi connectivity index (χ1v) is 11.0. The van der Waals surface area contributed by atoms with Gasteiger partial charge in [0, 0.05) is 42.3 Å². The highest BCUT2D eigenvalue weighted by Crippen LogP contribution is 2.43. The van der Waals surface area contributed by atoms with Crippen molar-refractivity contribution in [3.8, 4) is 0 Å². The Balaban J connectivity index is 1.89. The van der Waals surface area contributed by atoms with Gasteiger partial charge < -0.3 is 10.2 Å². The molecule has 2 nitrogen and oxygen atoms in total. The summed E-state index contributed by atoms with van der Waals surface area (Å²) in [5, 5.41) is 3.13. The maximum absolute atomic E-state index is 15.3. The van der Waals surface area contributed by atoms with E-state index in [4.69, 9.17) is 0 Å². The van der Waals surface area contributed by atoms with E-state index in [-0.39, 0.29) is 12.5 Å². The van der Waals surface area contributed by atoms with E-state index in [2.05, 4.69) is 18.5 Å². The van der Waals surface area contributed by atoms with Crippen LogP contribution in [-0.4, -0.2) is 30.5 Å². The zero-order chi connectivity index (χ0) is 23.7. The molecule has 1 aromatic carbocycles. The molecule has 2 atom stereocenters. The maximum Gasteiger partial charge on any atom is 0.416 e. The lowest BCUT2D eigenvalue weighted by Crippen LogP contribution is -2.42. The van der Waals surface area contributed by atoms with E-state index in [9.17, 15) is 13.2 Å². The van der Waals surface area contributed by atoms with Gasteiger partial charge in [-0.2, -0.15) is 13.2 Å². The fourth-order valence-electron chi connectivity index (χ4n) is 4.60. The van der Waals surface area contributed by atoms with Crippen LogP contribution in [0, 0.1) is 11.8 Å². The van der Waals surface area contributed by atoms with E-state index in [1.165, 1.54) is 6.07 Å². The van der Waals surface area contributed by atoms with Crippen molar-refractivity contribution < 1.29 is 22.0 Å². The predicted octanol–water partition coefficient (Wildman–Crippen LogP) is 6.66. The number of nitrogens with one attached hydrogen (secondary N) is 1. The zero-order valence-corrected chi connectivity index (χ0v) is 18.7. The molecule has 176 valence electrons. The number of nitrogens with zero attached hydrogens (tertiary/aromatic N) is 1. The van der Waals surface area contributed by atoms with Crippen LogP contribution in [0.15, 0.2) is 48.7 Å². The van der Waals surface area contributed by atoms with Crippen LogP contribution in [0.25, 0.3) is 5.70 Å². The smallest absolute Gasteiger partial charge is 0.383 e. The molecule has 0 saturated carbocycles. The molecule has 0 bridgehead atoms. The van der Waals surface area contributed by atoms with Crippen LogP contribution in [0.3, 0.4) is 0 Å². The molecule has 0 aromatic heterocycles. The van der Waals surface area contributed by atoms with Gasteiger partial charge in [0.25, 0.3) is 5.92 Å². The van der Waals surface area contributed by atoms with Crippen LogP contribution in [0.5, 0.6) is 0 Å². The number of benzene rings is 1. The van der Waals surface area contributed by atoms with E-state index < -0.39 is 30.1 Å². The highest BCUT2D eigenvalue weighted by atomic mass is 19.4. The van der Waals surface area contributed by atoms with Gasteiger partial charge in [-0.3, -0.25) is 0 Å². The number of rotatable bonds is 8. The first-order chi connectivity index (χ1) is 14.9. The third-order valence-electron chi connectivity index (χ3n) is 6.49. The molecule has 1 aliphatic heterocycles. The van der Waals surface area contributed by atoms with Gasteiger partial charge >= 0.3 is 6.18 Å². The number of hydrogen-bond acceptors (Lipinski definition) is 2. The summed E-state index contributed by atoms with van der Waals surface area (Å²) in [5.74, 6) is -3.71. The molecule has 0 fully saturated rings. The van der Waals surface area contributed by atoms with E-state index in [0.29, 0.717) is 47.5 Å². The molecule has 1 aliphatic carbocycles. The number of allylic oxidation sites excluding steroid dienone is 2. The van der Waals surface area contributed by atoms with Crippen LogP contribution in [-0.2, 0) is 12.6 Å². The Morgan fingerprint density at radius 2 is 1.91 bits per heavy atom. The second-order valence-electron chi connectivity index (χ2n) is 9.07. The fourth-order valence-corrected chi connectivity index (χ4v) is 4.60. The number of alkyl halides is 5. The highest BCUT2D eigenvalue weighted by Gasteiger charge is 2.42. The summed E-state index contributed by atoms with van der Waals surface area (Å²) in [6.07, 6.45) is -0.361. The average molecular weight is 455 g/mol. The molecule has 1 aromatic rings. The summed E-state index contributed by atoms with van der Waals surface area (Å²) >= 11 is 0. The van der Waals surface area contributed by atoms with Crippen LogP contribution in [0.2, 0.25) is 0 Å². The van der Waals surface area contributed by atoms with Gasteiger partial charge in [0.05, 0.1) is 17.8 Å². The van der Waals surface area contributed by atoms with Gasteiger partial charge in [-0.05, 0) is 42.9 Å². The third kappa shape index (κ3) is 5.18. The standard InChI is InChI=1S/C25H31F5N2/c1-5-6-7-16(2)12-17(3)24(26,27)15-32-11-10-31-18(4)21-13-19-8-9-20(25(28,29)30)14-22(19)23(21)32/h5,8-9,14,16-17,31H,1,4,6-7,10-13,15H2,2-3H3. The lowest BCUT2D eigenvalue weighted by molar-refractivity contribution is -0.137. The molecule has 0 amide bonds. The van der Waals surface area contributed by atoms with E-state index in [1.807, 2.05) is 6.92 Å². The molecular formula is C25H31F5N2. The average Bonchev–Trinajstić information content (AvgIpc) is 3.02. The van der Waals surface area contributed by atoms with Gasteiger partial charge in [-0.25, -0.2) is 8.78 Å². The molecule has 1 N–H and O–H groups in total. The first kappa shape index (κ1) is 24.3. The van der Waals surface area contributed by atoms with Gasteiger partial charge in [0.1, 0.15) is 0 Å². The Hall–Kier alpha value is -2.31. The van der Waals surface area contributed by atoms with Crippen molar-refractivity contribution in [2.45, 2.75) is 51.6 Å². The molecule has 3 rings (SSSR count). The van der Waals surface area contributed by atoms with Crippen molar-refractivity contribution in [2.75, 3.05) is 19.6 Å². The zero-order valence-electron chi connectivity index (χ0n) is 18.7. The lowest BCUT2D eigenvalue weighted by atomic mass is 9.89. The molecule has 32 heavy (non-hydrogen) atoms. The number of hydrogen-bond donors (Lipinski definition) is 1. The minimum atomic E-state index is -4.50. The maximum atomic E-state index is 15.3. The van der Waals surface area contributed by atoms with Crippen molar-refractivity contribution in [3.05, 3.63) is 65.4 Å². The Morgan fingerprint density at radius 1 is 1.19 bits per heavy atom. The summed E-state index contributed by atoms with van der Waals surface area (Å²) in [5.41, 5.74) is 2.03. The highest BCUT2D eigenvalue weighted by molar-refractivity contribution is 5.79. The van der Waals surface area contributed by atoms with Gasteiger partial charge in [0.15, 0.2) is 0 Å². The normalized spacial score (nSPS) is 18.6. The van der Waals surface area contributed by atoms with Crippen molar-refractivity contribution >= 4 is 5.70 Å². The van der Waals surface area contributed by atoms with Crippen molar-refractivity contribution in [1.29, 1.82) is 0 Å². The minimum absolute atomic E-state index is 0.135. The summed E-state index contributed by atoms with van der Waals surface area (Å²) < 4.78 is 70.6. The SMILES string of the molecule is C=CCCC(C)CC(C)C(F)(F)CN1CCNC(=C)C2=C1c1cc(C(F)(F)F)ccc1C2. The third-order valence-corrected chi connectivity index (χ3v) is 6.49. The van der Waals surface area contributed by atoms with E-state index in [0.717, 1.165) is 25.0 Å². The molecule has 7 heteroatoms. The topological polar surface area (TPSA) is 15.3 Å². The van der Waals surface area contributed by atoms with Crippen LogP contribution in [0.1, 0.15) is 49.8 Å². The van der Waals surface area contributed by atoms with Crippen molar-refractivity contribution in [1.82, 2.24) is 10.2 Å². The minimum Gasteiger partial charge on any atom is -0.383 e. The summed E-state index contributed by atoms with van der Waals surface area (Å²) in [7, 11) is 0. The molecule has 2 aliphatic rings. The lowest BCUT2D eigenvalue weighted by Gasteiger charge is -2.34. The quantitative estimate of drug-likeness (QED) is 0.349. The molecule has 0 radical (unpaired) electrons. The van der Waals surface area contributed by atoms with Crippen LogP contribution < -0.4 is 5.32 Å². The van der Waals surface area contributed by atoms with Gasteiger partial charge in [0.2, 0.25) is 0 Å². The van der Waals surface area contributed by atoms with Gasteiger partial charge in [-0.15, -0.1) is 6.58 Å². The van der Waals surface area contributed by atoms with E-state index in [1.54, 1.807) is 17.9 Å². The van der Waals surface area contributed by atoms with Crippen LogP contribution in [0.4, 0.5) is 22.0 Å². The van der Waals surface area contributed by atoms with Crippen LogP contribution >= 0.6 is 0 Å². The second-order valence-corrected chi connectivity index (χ2v) is 9.07. The van der Waals surface area contributed by atoms with Crippen molar-refractivity contribution in [2.24, 2.45) is 11.8 Å². The first-order valence-electron chi connectivity index (χ1n) is 11.0. The molecule has 0 saturated heterocycles. The molecule has 2 unspecified atom stereocenters. The molecule has 0 spiro atoms. The Kier molecular flexibility index (Phi) is 7.06. The predicted molar refractivity (Wildman–Crippen MR) is 118 cm³/mol. The number of halogens is 5. The summed E-state index contributed by atoms with van der Waals surface area (Å²) in [6, 6.07) is 3.58.